The third-order valence-electron chi connectivity index (χ3n) is 3.43. The molecule has 0 fully saturated rings. The van der Waals surface area contributed by atoms with Crippen LogP contribution in [-0.2, 0) is 30.4 Å². The lowest BCUT2D eigenvalue weighted by Crippen LogP contribution is -2.42. The monoisotopic (exact) mass is 377 g/mol. The fourth-order valence-corrected chi connectivity index (χ4v) is 1.94. The highest BCUT2D eigenvalue weighted by molar-refractivity contribution is 5.91. The highest BCUT2D eigenvalue weighted by atomic mass is 16.6. The molecule has 0 aliphatic heterocycles. The van der Waals surface area contributed by atoms with Crippen LogP contribution in [0.1, 0.15) is 33.3 Å². The Labute approximate surface area is 159 Å². The normalized spacial score (nSPS) is 12.1. The third-order valence-corrected chi connectivity index (χ3v) is 3.43. The lowest BCUT2D eigenvalue weighted by Gasteiger charge is -2.21. The minimum absolute atomic E-state index is 0.0111. The van der Waals surface area contributed by atoms with Crippen LogP contribution in [0, 0.1) is 5.92 Å². The Bertz CT molecular complexity index is 639. The molecule has 1 atom stereocenters. The van der Waals surface area contributed by atoms with E-state index in [-0.39, 0.29) is 25.2 Å². The summed E-state index contributed by atoms with van der Waals surface area (Å²) >= 11 is 0. The summed E-state index contributed by atoms with van der Waals surface area (Å²) < 4.78 is 15.1. The minimum atomic E-state index is -0.694. The van der Waals surface area contributed by atoms with Gasteiger partial charge in [0.15, 0.2) is 0 Å². The number of amides is 1. The standard InChI is InChI=1S/C20H27NO6/c1-14(2)17(13-25-18(22)10-11-19(23)27-15(3)4)21-20(24)26-12-16-8-6-5-7-9-16/h5-11,14-15,17H,12-13H2,1-4H3,(H,21,24)/b11-10+/t17-/m0/s1. The summed E-state index contributed by atoms with van der Waals surface area (Å²) in [5.41, 5.74) is 0.874. The molecule has 148 valence electrons. The second-order valence-electron chi connectivity index (χ2n) is 6.51. The Hall–Kier alpha value is -2.83. The van der Waals surface area contributed by atoms with E-state index >= 15 is 0 Å². The zero-order chi connectivity index (χ0) is 20.2. The molecule has 1 rings (SSSR count). The number of carbonyl (C=O) groups is 3. The maximum absolute atomic E-state index is 11.9. The van der Waals surface area contributed by atoms with Crippen molar-refractivity contribution in [1.82, 2.24) is 5.32 Å². The zero-order valence-corrected chi connectivity index (χ0v) is 16.1. The fourth-order valence-electron chi connectivity index (χ4n) is 1.94. The van der Waals surface area contributed by atoms with Crippen LogP contribution in [0.15, 0.2) is 42.5 Å². The number of nitrogens with one attached hydrogen (secondary N) is 1. The molecule has 0 saturated carbocycles. The van der Waals surface area contributed by atoms with Gasteiger partial charge in [-0.3, -0.25) is 0 Å². The Morgan fingerprint density at radius 1 is 0.963 bits per heavy atom. The summed E-state index contributed by atoms with van der Waals surface area (Å²) in [6.07, 6.45) is 1.14. The van der Waals surface area contributed by atoms with Crippen LogP contribution in [0.25, 0.3) is 0 Å². The van der Waals surface area contributed by atoms with E-state index in [1.54, 1.807) is 13.8 Å². The number of hydrogen-bond donors (Lipinski definition) is 1. The quantitative estimate of drug-likeness (QED) is 0.404. The van der Waals surface area contributed by atoms with Crippen LogP contribution in [0.4, 0.5) is 4.79 Å². The van der Waals surface area contributed by atoms with Crippen molar-refractivity contribution in [2.75, 3.05) is 6.61 Å². The van der Waals surface area contributed by atoms with Crippen LogP contribution in [0.2, 0.25) is 0 Å². The summed E-state index contributed by atoms with van der Waals surface area (Å²) in [4.78, 5) is 35.0. The molecular formula is C20H27NO6. The molecule has 0 aromatic heterocycles. The van der Waals surface area contributed by atoms with Crippen molar-refractivity contribution in [3.8, 4) is 0 Å². The van der Waals surface area contributed by atoms with E-state index in [2.05, 4.69) is 5.32 Å². The first kappa shape index (κ1) is 22.2. The predicted octanol–water partition coefficient (Wildman–Crippen LogP) is 2.99. The summed E-state index contributed by atoms with van der Waals surface area (Å²) in [6, 6.07) is 8.88. The maximum Gasteiger partial charge on any atom is 0.407 e. The van der Waals surface area contributed by atoms with Gasteiger partial charge in [0.25, 0.3) is 0 Å². The molecule has 1 aromatic carbocycles. The second-order valence-corrected chi connectivity index (χ2v) is 6.51. The molecule has 1 amide bonds. The van der Waals surface area contributed by atoms with Crippen LogP contribution < -0.4 is 5.32 Å². The topological polar surface area (TPSA) is 90.9 Å². The summed E-state index contributed by atoms with van der Waals surface area (Å²) in [7, 11) is 0. The van der Waals surface area contributed by atoms with Crippen molar-refractivity contribution in [2.24, 2.45) is 5.92 Å². The van der Waals surface area contributed by atoms with Crippen molar-refractivity contribution < 1.29 is 28.6 Å². The summed E-state index contributed by atoms with van der Waals surface area (Å²) in [5.74, 6) is -1.30. The first-order chi connectivity index (χ1) is 12.8. The Balaban J connectivity index is 2.42. The van der Waals surface area contributed by atoms with Gasteiger partial charge in [0.05, 0.1) is 12.1 Å². The Morgan fingerprint density at radius 3 is 2.19 bits per heavy atom. The molecule has 0 radical (unpaired) electrons. The molecule has 27 heavy (non-hydrogen) atoms. The van der Waals surface area contributed by atoms with Crippen LogP contribution in [0.5, 0.6) is 0 Å². The Kier molecular flexibility index (Phi) is 9.64. The van der Waals surface area contributed by atoms with Crippen molar-refractivity contribution in [3.05, 3.63) is 48.0 Å². The Morgan fingerprint density at radius 2 is 1.59 bits per heavy atom. The first-order valence-electron chi connectivity index (χ1n) is 8.80. The van der Waals surface area contributed by atoms with Crippen molar-refractivity contribution in [2.45, 2.75) is 46.4 Å². The molecule has 7 nitrogen and oxygen atoms in total. The van der Waals surface area contributed by atoms with E-state index in [0.717, 1.165) is 17.7 Å². The van der Waals surface area contributed by atoms with Gasteiger partial charge in [0.2, 0.25) is 0 Å². The van der Waals surface area contributed by atoms with E-state index in [9.17, 15) is 14.4 Å². The van der Waals surface area contributed by atoms with Gasteiger partial charge in [-0.25, -0.2) is 14.4 Å². The number of benzene rings is 1. The van der Waals surface area contributed by atoms with Gasteiger partial charge in [0.1, 0.15) is 13.2 Å². The maximum atomic E-state index is 11.9. The number of rotatable bonds is 9. The minimum Gasteiger partial charge on any atom is -0.460 e. The molecule has 0 aliphatic carbocycles. The van der Waals surface area contributed by atoms with E-state index in [1.165, 1.54) is 0 Å². The average molecular weight is 377 g/mol. The molecule has 1 N–H and O–H groups in total. The van der Waals surface area contributed by atoms with Crippen molar-refractivity contribution in [3.63, 3.8) is 0 Å². The summed E-state index contributed by atoms with van der Waals surface area (Å²) in [5, 5.41) is 2.68. The molecular weight excluding hydrogens is 350 g/mol. The highest BCUT2D eigenvalue weighted by Crippen LogP contribution is 2.05. The number of ether oxygens (including phenoxy) is 3. The number of esters is 2. The largest absolute Gasteiger partial charge is 0.460 e. The van der Waals surface area contributed by atoms with E-state index in [4.69, 9.17) is 14.2 Å². The van der Waals surface area contributed by atoms with E-state index < -0.39 is 24.1 Å². The van der Waals surface area contributed by atoms with Gasteiger partial charge in [-0.15, -0.1) is 0 Å². The van der Waals surface area contributed by atoms with E-state index in [1.807, 2.05) is 44.2 Å². The van der Waals surface area contributed by atoms with Gasteiger partial charge >= 0.3 is 18.0 Å². The average Bonchev–Trinajstić information content (AvgIpc) is 2.61. The molecule has 0 unspecified atom stereocenters. The molecule has 1 aromatic rings. The highest BCUT2D eigenvalue weighted by Gasteiger charge is 2.19. The van der Waals surface area contributed by atoms with Crippen molar-refractivity contribution >= 4 is 18.0 Å². The number of hydrogen-bond acceptors (Lipinski definition) is 6. The second kappa shape index (κ2) is 11.7. The molecule has 0 bridgehead atoms. The van der Waals surface area contributed by atoms with Crippen LogP contribution in [-0.4, -0.2) is 36.8 Å². The molecule has 7 heteroatoms. The molecule has 0 saturated heterocycles. The molecule has 0 aliphatic rings. The molecule has 0 spiro atoms. The van der Waals surface area contributed by atoms with Crippen molar-refractivity contribution in [1.29, 1.82) is 0 Å². The zero-order valence-electron chi connectivity index (χ0n) is 16.1. The lowest BCUT2D eigenvalue weighted by molar-refractivity contribution is -0.143. The van der Waals surface area contributed by atoms with Crippen LogP contribution in [0.3, 0.4) is 0 Å². The van der Waals surface area contributed by atoms with Gasteiger partial charge in [-0.2, -0.15) is 0 Å². The predicted molar refractivity (Wildman–Crippen MR) is 99.7 cm³/mol. The first-order valence-corrected chi connectivity index (χ1v) is 8.80. The smallest absolute Gasteiger partial charge is 0.407 e. The van der Waals surface area contributed by atoms with Gasteiger partial charge in [0, 0.05) is 12.2 Å². The van der Waals surface area contributed by atoms with Crippen LogP contribution >= 0.6 is 0 Å². The fraction of sp³-hybridized carbons (Fsp3) is 0.450. The third kappa shape index (κ3) is 10.0. The van der Waals surface area contributed by atoms with Gasteiger partial charge < -0.3 is 19.5 Å². The lowest BCUT2D eigenvalue weighted by atomic mass is 10.1. The summed E-state index contributed by atoms with van der Waals surface area (Å²) in [6.45, 7) is 7.29. The number of carbonyl (C=O) groups excluding carboxylic acids is 3. The SMILES string of the molecule is CC(C)OC(=O)/C=C/C(=O)OC[C@H](NC(=O)OCc1ccccc1)C(C)C. The molecule has 0 heterocycles. The van der Waals surface area contributed by atoms with E-state index in [0.29, 0.717) is 0 Å². The van der Waals surface area contributed by atoms with Gasteiger partial charge in [-0.05, 0) is 25.3 Å². The van der Waals surface area contributed by atoms with Gasteiger partial charge in [-0.1, -0.05) is 44.2 Å². The number of alkyl carbamates (subject to hydrolysis) is 1.